The molecule has 0 saturated heterocycles. The maximum Gasteiger partial charge on any atom is 0.262 e. The molecule has 0 aliphatic rings. The Morgan fingerprint density at radius 2 is 1.77 bits per heavy atom. The minimum Gasteiger partial charge on any atom is -0.504 e. The molecular weight excluding hydrogens is 463 g/mol. The number of thiophene rings is 1. The fraction of sp³-hybridized carbons (Fsp3) is 0.148. The summed E-state index contributed by atoms with van der Waals surface area (Å²) in [5.74, 6) is -1.03. The summed E-state index contributed by atoms with van der Waals surface area (Å²) < 4.78 is 17.5. The van der Waals surface area contributed by atoms with Crippen molar-refractivity contribution < 1.29 is 9.50 Å². The van der Waals surface area contributed by atoms with Crippen LogP contribution in [0.5, 0.6) is 5.75 Å². The maximum atomic E-state index is 14.2. The molecule has 0 spiro atoms. The predicted molar refractivity (Wildman–Crippen MR) is 136 cm³/mol. The molecule has 0 unspecified atom stereocenters. The summed E-state index contributed by atoms with van der Waals surface area (Å²) in [6.45, 7) is 2.09. The number of hydrogen-bond acceptors (Lipinski definition) is 5. The molecule has 0 atom stereocenters. The lowest BCUT2D eigenvalue weighted by Gasteiger charge is -2.16. The van der Waals surface area contributed by atoms with E-state index >= 15 is 0 Å². The van der Waals surface area contributed by atoms with Crippen LogP contribution in [0, 0.1) is 12.7 Å². The zero-order valence-corrected chi connectivity index (χ0v) is 20.1. The smallest absolute Gasteiger partial charge is 0.262 e. The lowest BCUT2D eigenvalue weighted by atomic mass is 10.1. The van der Waals surface area contributed by atoms with Gasteiger partial charge in [-0.1, -0.05) is 36.4 Å². The lowest BCUT2D eigenvalue weighted by molar-refractivity contribution is 0.433. The Morgan fingerprint density at radius 3 is 2.51 bits per heavy atom. The zero-order valence-electron chi connectivity index (χ0n) is 19.3. The van der Waals surface area contributed by atoms with Crippen molar-refractivity contribution in [2.24, 2.45) is 7.05 Å². The summed E-state index contributed by atoms with van der Waals surface area (Å²) in [5.41, 5.74) is 2.99. The molecule has 5 rings (SSSR count). The van der Waals surface area contributed by atoms with E-state index in [4.69, 9.17) is 4.98 Å². The van der Waals surface area contributed by atoms with Crippen molar-refractivity contribution in [3.05, 3.63) is 100 Å². The van der Waals surface area contributed by atoms with Gasteiger partial charge in [-0.2, -0.15) is 5.10 Å². The van der Waals surface area contributed by atoms with Crippen LogP contribution in [0.1, 0.15) is 11.3 Å². The number of phenols is 1. The standard InChI is InChI=1S/C27H23FN4O2S/c1-17-24(23-12-11-22(35-23)21-13-15-29-31(21)2)27(34)32(16-14-18-7-4-3-5-8-18)26(30-17)19-9-6-10-20(28)25(19)33/h3-13,15,33H,14,16H2,1-2H3. The van der Waals surface area contributed by atoms with Gasteiger partial charge in [-0.25, -0.2) is 9.37 Å². The minimum atomic E-state index is -0.757. The molecule has 0 radical (unpaired) electrons. The second-order valence-electron chi connectivity index (χ2n) is 8.23. The van der Waals surface area contributed by atoms with Crippen LogP contribution < -0.4 is 5.56 Å². The van der Waals surface area contributed by atoms with Crippen molar-refractivity contribution in [1.29, 1.82) is 0 Å². The minimum absolute atomic E-state index is 0.187. The number of rotatable bonds is 6. The van der Waals surface area contributed by atoms with Crippen molar-refractivity contribution in [3.8, 4) is 38.1 Å². The Morgan fingerprint density at radius 1 is 1.00 bits per heavy atom. The fourth-order valence-electron chi connectivity index (χ4n) is 4.16. The normalized spacial score (nSPS) is 11.2. The van der Waals surface area contributed by atoms with Gasteiger partial charge in [0.15, 0.2) is 11.6 Å². The topological polar surface area (TPSA) is 72.9 Å². The molecule has 0 bridgehead atoms. The highest BCUT2D eigenvalue weighted by atomic mass is 32.1. The van der Waals surface area contributed by atoms with E-state index in [2.05, 4.69) is 5.10 Å². The monoisotopic (exact) mass is 486 g/mol. The molecule has 176 valence electrons. The molecule has 8 heteroatoms. The lowest BCUT2D eigenvalue weighted by Crippen LogP contribution is -2.27. The number of aromatic hydroxyl groups is 1. The van der Waals surface area contributed by atoms with E-state index in [0.29, 0.717) is 24.2 Å². The Kier molecular flexibility index (Phi) is 6.05. The van der Waals surface area contributed by atoms with E-state index in [1.807, 2.05) is 55.6 Å². The van der Waals surface area contributed by atoms with Crippen LogP contribution in [-0.4, -0.2) is 24.4 Å². The van der Waals surface area contributed by atoms with Crippen molar-refractivity contribution in [2.45, 2.75) is 19.9 Å². The Labute approximate surface area is 205 Å². The summed E-state index contributed by atoms with van der Waals surface area (Å²) in [7, 11) is 1.87. The highest BCUT2D eigenvalue weighted by molar-refractivity contribution is 7.18. The molecule has 6 nitrogen and oxygen atoms in total. The molecular formula is C27H23FN4O2S. The number of phenolic OH excluding ortho intramolecular Hbond substituents is 1. The number of benzene rings is 2. The van der Waals surface area contributed by atoms with Crippen LogP contribution in [0.3, 0.4) is 0 Å². The molecule has 3 heterocycles. The summed E-state index contributed by atoms with van der Waals surface area (Å²) >= 11 is 1.49. The molecule has 0 aliphatic heterocycles. The number of para-hydroxylation sites is 1. The highest BCUT2D eigenvalue weighted by Gasteiger charge is 2.21. The van der Waals surface area contributed by atoms with Crippen LogP contribution in [0.2, 0.25) is 0 Å². The Hall–Kier alpha value is -4.04. The van der Waals surface area contributed by atoms with E-state index in [0.717, 1.165) is 21.0 Å². The van der Waals surface area contributed by atoms with Gasteiger partial charge in [-0.15, -0.1) is 11.3 Å². The largest absolute Gasteiger partial charge is 0.504 e. The molecule has 1 N–H and O–H groups in total. The molecule has 2 aromatic carbocycles. The fourth-order valence-corrected chi connectivity index (χ4v) is 5.32. The van der Waals surface area contributed by atoms with Gasteiger partial charge in [-0.3, -0.25) is 14.0 Å². The predicted octanol–water partition coefficient (Wildman–Crippen LogP) is 5.44. The molecule has 5 aromatic rings. The van der Waals surface area contributed by atoms with E-state index in [9.17, 15) is 14.3 Å². The van der Waals surface area contributed by atoms with Crippen molar-refractivity contribution in [1.82, 2.24) is 19.3 Å². The van der Waals surface area contributed by atoms with Crippen LogP contribution in [0.15, 0.2) is 77.7 Å². The van der Waals surface area contributed by atoms with E-state index < -0.39 is 11.6 Å². The van der Waals surface area contributed by atoms with Crippen molar-refractivity contribution >= 4 is 11.3 Å². The van der Waals surface area contributed by atoms with Crippen LogP contribution >= 0.6 is 11.3 Å². The summed E-state index contributed by atoms with van der Waals surface area (Å²) in [6.07, 6.45) is 2.32. The average molecular weight is 487 g/mol. The number of aromatic nitrogens is 4. The van der Waals surface area contributed by atoms with Gasteiger partial charge >= 0.3 is 0 Å². The first-order valence-corrected chi connectivity index (χ1v) is 12.0. The second kappa shape index (κ2) is 9.31. The molecule has 0 aliphatic carbocycles. The van der Waals surface area contributed by atoms with Gasteiger partial charge in [0.25, 0.3) is 5.56 Å². The quantitative estimate of drug-likeness (QED) is 0.347. The molecule has 35 heavy (non-hydrogen) atoms. The summed E-state index contributed by atoms with van der Waals surface area (Å²) in [6, 6.07) is 19.9. The van der Waals surface area contributed by atoms with E-state index in [1.54, 1.807) is 23.9 Å². The van der Waals surface area contributed by atoms with Gasteiger partial charge in [-0.05, 0) is 49.2 Å². The number of hydrogen-bond donors (Lipinski definition) is 1. The second-order valence-corrected chi connectivity index (χ2v) is 9.31. The third-order valence-electron chi connectivity index (χ3n) is 5.97. The number of halogens is 1. The Balaban J connectivity index is 1.66. The summed E-state index contributed by atoms with van der Waals surface area (Å²) in [4.78, 5) is 20.4. The first kappa shape index (κ1) is 22.7. The van der Waals surface area contributed by atoms with Gasteiger partial charge in [0.2, 0.25) is 0 Å². The maximum absolute atomic E-state index is 14.2. The van der Waals surface area contributed by atoms with Gasteiger partial charge in [0.1, 0.15) is 5.82 Å². The van der Waals surface area contributed by atoms with E-state index in [1.165, 1.54) is 28.0 Å². The SMILES string of the molecule is Cc1nc(-c2cccc(F)c2O)n(CCc2ccccc2)c(=O)c1-c1ccc(-c2ccnn2C)s1. The first-order chi connectivity index (χ1) is 16.9. The van der Waals surface area contributed by atoms with Crippen LogP contribution in [0.4, 0.5) is 4.39 Å². The van der Waals surface area contributed by atoms with Crippen LogP contribution in [0.25, 0.3) is 32.4 Å². The average Bonchev–Trinajstić information content (AvgIpc) is 3.49. The molecule has 0 saturated carbocycles. The highest BCUT2D eigenvalue weighted by Crippen LogP contribution is 2.35. The molecule has 0 amide bonds. The van der Waals surface area contributed by atoms with Crippen LogP contribution in [-0.2, 0) is 20.0 Å². The van der Waals surface area contributed by atoms with Crippen molar-refractivity contribution in [3.63, 3.8) is 0 Å². The van der Waals surface area contributed by atoms with Crippen molar-refractivity contribution in [2.75, 3.05) is 0 Å². The third-order valence-corrected chi connectivity index (χ3v) is 7.10. The van der Waals surface area contributed by atoms with E-state index in [-0.39, 0.29) is 16.9 Å². The molecule has 0 fully saturated rings. The summed E-state index contributed by atoms with van der Waals surface area (Å²) in [5, 5.41) is 14.7. The molecule has 3 aromatic heterocycles. The number of aryl methyl sites for hydroxylation is 3. The Bertz CT molecular complexity index is 1570. The zero-order chi connectivity index (χ0) is 24.5. The first-order valence-electron chi connectivity index (χ1n) is 11.2. The van der Waals surface area contributed by atoms with Gasteiger partial charge in [0, 0.05) is 24.7 Å². The number of nitrogens with zero attached hydrogens (tertiary/aromatic N) is 4. The van der Waals surface area contributed by atoms with Gasteiger partial charge < -0.3 is 5.11 Å². The van der Waals surface area contributed by atoms with Gasteiger partial charge in [0.05, 0.1) is 27.4 Å². The third kappa shape index (κ3) is 4.28.